The third-order valence-corrected chi connectivity index (χ3v) is 2.64. The molecule has 0 saturated carbocycles. The molecule has 12 heavy (non-hydrogen) atoms. The van der Waals surface area contributed by atoms with Crippen molar-refractivity contribution in [3.05, 3.63) is 28.8 Å². The SMILES string of the molecule is Clc1cccc2c1CCCCN2. The Morgan fingerprint density at radius 3 is 3.08 bits per heavy atom. The lowest BCUT2D eigenvalue weighted by Crippen LogP contribution is -1.99. The molecule has 1 aromatic carbocycles. The first kappa shape index (κ1) is 7.93. The number of hydrogen-bond acceptors (Lipinski definition) is 1. The lowest BCUT2D eigenvalue weighted by Gasteiger charge is -2.07. The number of rotatable bonds is 0. The van der Waals surface area contributed by atoms with Crippen molar-refractivity contribution in [2.75, 3.05) is 11.9 Å². The molecule has 0 atom stereocenters. The molecule has 0 amide bonds. The molecule has 0 bridgehead atoms. The number of fused-ring (bicyclic) bond motifs is 1. The molecule has 1 aliphatic rings. The minimum Gasteiger partial charge on any atom is -0.385 e. The fraction of sp³-hybridized carbons (Fsp3) is 0.400. The molecule has 2 rings (SSSR count). The number of benzene rings is 1. The molecule has 1 nitrogen and oxygen atoms in total. The van der Waals surface area contributed by atoms with Crippen LogP contribution in [0.4, 0.5) is 5.69 Å². The maximum atomic E-state index is 6.07. The number of halogens is 1. The van der Waals surface area contributed by atoms with Gasteiger partial charge < -0.3 is 5.32 Å². The van der Waals surface area contributed by atoms with Crippen molar-refractivity contribution >= 4 is 17.3 Å². The summed E-state index contributed by atoms with van der Waals surface area (Å²) in [6.07, 6.45) is 3.59. The Balaban J connectivity index is 2.42. The largest absolute Gasteiger partial charge is 0.385 e. The summed E-state index contributed by atoms with van der Waals surface area (Å²) in [7, 11) is 0. The van der Waals surface area contributed by atoms with Gasteiger partial charge in [0, 0.05) is 17.3 Å². The summed E-state index contributed by atoms with van der Waals surface area (Å²) in [4.78, 5) is 0. The maximum Gasteiger partial charge on any atom is 0.0458 e. The van der Waals surface area contributed by atoms with Crippen molar-refractivity contribution in [1.29, 1.82) is 0 Å². The Morgan fingerprint density at radius 1 is 1.25 bits per heavy atom. The predicted octanol–water partition coefficient (Wildman–Crippen LogP) is 3.09. The van der Waals surface area contributed by atoms with E-state index in [4.69, 9.17) is 11.6 Å². The average Bonchev–Trinajstić information content (AvgIpc) is 2.30. The van der Waals surface area contributed by atoms with Gasteiger partial charge in [-0.2, -0.15) is 0 Å². The van der Waals surface area contributed by atoms with Gasteiger partial charge in [0.15, 0.2) is 0 Å². The highest BCUT2D eigenvalue weighted by atomic mass is 35.5. The van der Waals surface area contributed by atoms with Gasteiger partial charge in [0.2, 0.25) is 0 Å². The summed E-state index contributed by atoms with van der Waals surface area (Å²) in [6.45, 7) is 1.08. The summed E-state index contributed by atoms with van der Waals surface area (Å²) in [5.41, 5.74) is 2.51. The zero-order chi connectivity index (χ0) is 8.39. The lowest BCUT2D eigenvalue weighted by molar-refractivity contribution is 0.786. The molecular formula is C10H12ClN. The Labute approximate surface area is 77.7 Å². The van der Waals surface area contributed by atoms with Crippen LogP contribution in [-0.4, -0.2) is 6.54 Å². The van der Waals surface area contributed by atoms with Gasteiger partial charge in [-0.25, -0.2) is 0 Å². The van der Waals surface area contributed by atoms with E-state index in [9.17, 15) is 0 Å². The second-order valence-corrected chi connectivity index (χ2v) is 3.56. The zero-order valence-corrected chi connectivity index (χ0v) is 7.69. The molecule has 64 valence electrons. The fourth-order valence-corrected chi connectivity index (χ4v) is 1.90. The minimum absolute atomic E-state index is 0.905. The predicted molar refractivity (Wildman–Crippen MR) is 52.9 cm³/mol. The summed E-state index contributed by atoms with van der Waals surface area (Å²) < 4.78 is 0. The summed E-state index contributed by atoms with van der Waals surface area (Å²) in [6, 6.07) is 6.07. The van der Waals surface area contributed by atoms with Gasteiger partial charge in [-0.1, -0.05) is 17.7 Å². The topological polar surface area (TPSA) is 12.0 Å². The quantitative estimate of drug-likeness (QED) is 0.649. The third kappa shape index (κ3) is 1.42. The van der Waals surface area contributed by atoms with E-state index in [-0.39, 0.29) is 0 Å². The van der Waals surface area contributed by atoms with E-state index < -0.39 is 0 Å². The molecule has 0 fully saturated rings. The summed E-state index contributed by atoms with van der Waals surface area (Å²) in [5.74, 6) is 0. The van der Waals surface area contributed by atoms with Gasteiger partial charge in [0.1, 0.15) is 0 Å². The first-order valence-electron chi connectivity index (χ1n) is 4.39. The second-order valence-electron chi connectivity index (χ2n) is 3.15. The van der Waals surface area contributed by atoms with E-state index in [1.165, 1.54) is 24.1 Å². The van der Waals surface area contributed by atoms with Gasteiger partial charge >= 0.3 is 0 Å². The smallest absolute Gasteiger partial charge is 0.0458 e. The van der Waals surface area contributed by atoms with Crippen LogP contribution in [0.15, 0.2) is 18.2 Å². The number of nitrogens with one attached hydrogen (secondary N) is 1. The van der Waals surface area contributed by atoms with Gasteiger partial charge in [-0.15, -0.1) is 0 Å². The van der Waals surface area contributed by atoms with Crippen LogP contribution in [0, 0.1) is 0 Å². The van der Waals surface area contributed by atoms with Crippen LogP contribution in [-0.2, 0) is 6.42 Å². The maximum absolute atomic E-state index is 6.07. The van der Waals surface area contributed by atoms with E-state index >= 15 is 0 Å². The van der Waals surface area contributed by atoms with Crippen molar-refractivity contribution in [1.82, 2.24) is 0 Å². The van der Waals surface area contributed by atoms with Gasteiger partial charge in [-0.05, 0) is 37.0 Å². The van der Waals surface area contributed by atoms with Crippen molar-refractivity contribution in [2.24, 2.45) is 0 Å². The van der Waals surface area contributed by atoms with E-state index in [1.807, 2.05) is 12.1 Å². The summed E-state index contributed by atoms with van der Waals surface area (Å²) >= 11 is 6.07. The van der Waals surface area contributed by atoms with Crippen molar-refractivity contribution in [3.8, 4) is 0 Å². The van der Waals surface area contributed by atoms with Crippen LogP contribution in [0.25, 0.3) is 0 Å². The minimum atomic E-state index is 0.905. The van der Waals surface area contributed by atoms with Crippen LogP contribution < -0.4 is 5.32 Å². The fourth-order valence-electron chi connectivity index (χ4n) is 1.63. The molecule has 1 N–H and O–H groups in total. The van der Waals surface area contributed by atoms with Crippen molar-refractivity contribution < 1.29 is 0 Å². The molecule has 0 aliphatic carbocycles. The average molecular weight is 182 g/mol. The number of anilines is 1. The van der Waals surface area contributed by atoms with E-state index in [2.05, 4.69) is 11.4 Å². The third-order valence-electron chi connectivity index (χ3n) is 2.29. The van der Waals surface area contributed by atoms with Crippen LogP contribution in [0.2, 0.25) is 5.02 Å². The van der Waals surface area contributed by atoms with Crippen molar-refractivity contribution in [3.63, 3.8) is 0 Å². The Morgan fingerprint density at radius 2 is 2.17 bits per heavy atom. The Hall–Kier alpha value is -0.690. The Kier molecular flexibility index (Phi) is 2.22. The van der Waals surface area contributed by atoms with Crippen LogP contribution in [0.5, 0.6) is 0 Å². The zero-order valence-electron chi connectivity index (χ0n) is 6.94. The second kappa shape index (κ2) is 3.36. The highest BCUT2D eigenvalue weighted by molar-refractivity contribution is 6.31. The molecular weight excluding hydrogens is 170 g/mol. The molecule has 1 aliphatic heterocycles. The first-order valence-corrected chi connectivity index (χ1v) is 4.77. The van der Waals surface area contributed by atoms with Gasteiger partial charge in [-0.3, -0.25) is 0 Å². The molecule has 2 heteroatoms. The first-order chi connectivity index (χ1) is 5.88. The highest BCUT2D eigenvalue weighted by Crippen LogP contribution is 2.27. The van der Waals surface area contributed by atoms with E-state index in [0.29, 0.717) is 0 Å². The molecule has 1 aromatic rings. The normalized spacial score (nSPS) is 16.1. The van der Waals surface area contributed by atoms with E-state index in [1.54, 1.807) is 0 Å². The Bertz CT molecular complexity index is 283. The standard InChI is InChI=1S/C10H12ClN/c11-9-5-3-6-10-8(9)4-1-2-7-12-10/h3,5-6,12H,1-2,4,7H2. The van der Waals surface area contributed by atoms with Crippen LogP contribution >= 0.6 is 11.6 Å². The lowest BCUT2D eigenvalue weighted by atomic mass is 10.1. The molecule has 0 radical (unpaired) electrons. The van der Waals surface area contributed by atoms with Crippen molar-refractivity contribution in [2.45, 2.75) is 19.3 Å². The van der Waals surface area contributed by atoms with Gasteiger partial charge in [0.05, 0.1) is 0 Å². The number of hydrogen-bond donors (Lipinski definition) is 1. The molecule has 0 aromatic heterocycles. The summed E-state index contributed by atoms with van der Waals surface area (Å²) in [5, 5.41) is 4.29. The molecule has 0 saturated heterocycles. The molecule has 0 unspecified atom stereocenters. The molecule has 0 spiro atoms. The van der Waals surface area contributed by atoms with E-state index in [0.717, 1.165) is 18.0 Å². The monoisotopic (exact) mass is 181 g/mol. The van der Waals surface area contributed by atoms with Gasteiger partial charge in [0.25, 0.3) is 0 Å². The highest BCUT2D eigenvalue weighted by Gasteiger charge is 2.08. The van der Waals surface area contributed by atoms with Crippen LogP contribution in [0.3, 0.4) is 0 Å². The molecule has 1 heterocycles. The van der Waals surface area contributed by atoms with Crippen LogP contribution in [0.1, 0.15) is 18.4 Å².